The van der Waals surface area contributed by atoms with E-state index in [-0.39, 0.29) is 20.4 Å². The number of hydrogen-bond donors (Lipinski definition) is 0. The SMILES string of the molecule is CCCCCCCCC1=C(c2cc(CCCC)cc(CCCCCCCC)c2)[N+](=[N-])C(c2cc(CCCC)cc(CCCCCCCC)c2)=C1CCCC.CC[N-]C.CC[N-]C.[Pd+2]. The minimum Gasteiger partial charge on any atom is -0.665 e. The van der Waals surface area contributed by atoms with Crippen LogP contribution in [-0.2, 0) is 46.1 Å². The molecule has 0 spiro atoms. The van der Waals surface area contributed by atoms with Crippen LogP contribution in [0.25, 0.3) is 27.6 Å². The van der Waals surface area contributed by atoms with Crippen LogP contribution in [0.5, 0.6) is 0 Å². The van der Waals surface area contributed by atoms with Crippen LogP contribution in [0, 0.1) is 0 Å². The molecule has 1 heterocycles. The average Bonchev–Trinajstić information content (AvgIpc) is 3.57. The summed E-state index contributed by atoms with van der Waals surface area (Å²) >= 11 is 0. The van der Waals surface area contributed by atoms with Crippen molar-refractivity contribution in [1.29, 1.82) is 0 Å². The Morgan fingerprint density at radius 3 is 0.889 bits per heavy atom. The summed E-state index contributed by atoms with van der Waals surface area (Å²) in [6.45, 7) is 19.8. The van der Waals surface area contributed by atoms with E-state index < -0.39 is 0 Å². The molecule has 2 aromatic rings. The number of benzene rings is 2. The summed E-state index contributed by atoms with van der Waals surface area (Å²) in [7, 11) is 3.61. The largest absolute Gasteiger partial charge is 2.00 e. The van der Waals surface area contributed by atoms with Crippen LogP contribution >= 0.6 is 0 Å². The minimum absolute atomic E-state index is 0. The van der Waals surface area contributed by atoms with E-state index in [1.807, 2.05) is 13.8 Å². The van der Waals surface area contributed by atoms with Gasteiger partial charge in [-0.05, 0) is 124 Å². The van der Waals surface area contributed by atoms with Crippen LogP contribution in [0.1, 0.15) is 256 Å². The minimum atomic E-state index is 0. The van der Waals surface area contributed by atoms with E-state index in [9.17, 15) is 5.53 Å². The third-order valence-electron chi connectivity index (χ3n) is 12.5. The van der Waals surface area contributed by atoms with Crippen LogP contribution in [-0.4, -0.2) is 31.9 Å². The molecule has 63 heavy (non-hydrogen) atoms. The second kappa shape index (κ2) is 41.5. The molecule has 1 aliphatic heterocycles. The third-order valence-corrected chi connectivity index (χ3v) is 12.5. The number of aryl methyl sites for hydroxylation is 4. The molecule has 0 radical (unpaired) electrons. The van der Waals surface area contributed by atoms with Crippen molar-refractivity contribution in [2.75, 3.05) is 27.2 Å². The maximum atomic E-state index is 12.7. The number of nitrogens with zero attached hydrogens (tertiary/aromatic N) is 4. The van der Waals surface area contributed by atoms with E-state index in [2.05, 4.69) is 88.6 Å². The van der Waals surface area contributed by atoms with Gasteiger partial charge in [0.1, 0.15) is 0 Å². The second-order valence-electron chi connectivity index (χ2n) is 18.2. The molecule has 0 N–H and O–H groups in total. The zero-order valence-electron chi connectivity index (χ0n) is 43.2. The average molecular weight is 960 g/mol. The molecule has 0 aromatic heterocycles. The van der Waals surface area contributed by atoms with Gasteiger partial charge in [0.25, 0.3) is 0 Å². The number of allylic oxidation sites excluding steroid dienone is 2. The van der Waals surface area contributed by atoms with E-state index in [1.165, 1.54) is 186 Å². The second-order valence-corrected chi connectivity index (χ2v) is 18.2. The van der Waals surface area contributed by atoms with E-state index >= 15 is 0 Å². The Morgan fingerprint density at radius 2 is 0.587 bits per heavy atom. The zero-order chi connectivity index (χ0) is 45.6. The van der Waals surface area contributed by atoms with Gasteiger partial charge in [0.15, 0.2) is 0 Å². The first-order valence-electron chi connectivity index (χ1n) is 26.7. The Hall–Kier alpha value is -1.90. The molecule has 0 saturated heterocycles. The van der Waals surface area contributed by atoms with Crippen LogP contribution in [0.15, 0.2) is 47.5 Å². The molecule has 4 nitrogen and oxygen atoms in total. The Morgan fingerprint density at radius 1 is 0.349 bits per heavy atom. The monoisotopic (exact) mass is 959 g/mol. The fourth-order valence-corrected chi connectivity index (χ4v) is 8.58. The maximum Gasteiger partial charge on any atom is 2.00 e. The van der Waals surface area contributed by atoms with E-state index in [0.29, 0.717) is 0 Å². The summed E-state index contributed by atoms with van der Waals surface area (Å²) < 4.78 is 1.69. The first-order chi connectivity index (χ1) is 30.3. The summed E-state index contributed by atoms with van der Waals surface area (Å²) in [5.74, 6) is 0. The van der Waals surface area contributed by atoms with Crippen molar-refractivity contribution >= 4 is 11.4 Å². The van der Waals surface area contributed by atoms with Gasteiger partial charge in [0.05, 0.1) is 0 Å². The molecule has 1 aliphatic rings. The molecule has 5 heteroatoms. The van der Waals surface area contributed by atoms with Crippen LogP contribution in [0.2, 0.25) is 0 Å². The molecule has 0 atom stereocenters. The Kier molecular flexibility index (Phi) is 40.3. The Labute approximate surface area is 406 Å². The van der Waals surface area contributed by atoms with Crippen LogP contribution in [0.4, 0.5) is 0 Å². The molecule has 362 valence electrons. The zero-order valence-corrected chi connectivity index (χ0v) is 44.8. The van der Waals surface area contributed by atoms with E-state index in [4.69, 9.17) is 0 Å². The van der Waals surface area contributed by atoms with Crippen LogP contribution < -0.4 is 0 Å². The smallest absolute Gasteiger partial charge is 0.665 e. The Bertz CT molecular complexity index is 1480. The van der Waals surface area contributed by atoms with Gasteiger partial charge in [-0.3, -0.25) is 0 Å². The number of rotatable bonds is 34. The molecule has 0 saturated carbocycles. The standard InChI is InChI=1S/C52H84N2.2C3H8N.Pd/c1-7-13-19-22-25-28-33-45-37-43(31-16-10-4)39-47(41-45)51-49(35-18-12-6)50(36-30-27-24-21-15-9-3)52(54(51)53)48-40-44(32-17-11-5)38-46(42-48)34-29-26-23-20-14-8-2;2*1-3-4-2;/h37-42H,7-36H2,1-6H3;2*3H2,1-2H3;/q;2*-1;+2. The predicted molar refractivity (Wildman–Crippen MR) is 279 cm³/mol. The van der Waals surface area contributed by atoms with Crippen LogP contribution in [0.3, 0.4) is 0 Å². The number of hydrogen-bond acceptors (Lipinski definition) is 0. The van der Waals surface area contributed by atoms with Crippen molar-refractivity contribution in [3.8, 4) is 0 Å². The summed E-state index contributed by atoms with van der Waals surface area (Å²) in [5.41, 5.74) is 26.0. The van der Waals surface area contributed by atoms with Gasteiger partial charge in [0, 0.05) is 22.3 Å². The van der Waals surface area contributed by atoms with Crippen molar-refractivity contribution < 1.29 is 25.1 Å². The molecule has 0 unspecified atom stereocenters. The van der Waals surface area contributed by atoms with Crippen molar-refractivity contribution in [2.45, 2.75) is 248 Å². The van der Waals surface area contributed by atoms with Gasteiger partial charge in [0.2, 0.25) is 11.4 Å². The maximum absolute atomic E-state index is 12.7. The van der Waals surface area contributed by atoms with Crippen molar-refractivity contribution in [2.24, 2.45) is 0 Å². The predicted octanol–water partition coefficient (Wildman–Crippen LogP) is 19.3. The van der Waals surface area contributed by atoms with Gasteiger partial charge >= 0.3 is 20.4 Å². The quantitative estimate of drug-likeness (QED) is 0.0381. The Balaban J connectivity index is 0.00000392. The fourth-order valence-electron chi connectivity index (χ4n) is 8.58. The molecular weight excluding hydrogens is 859 g/mol. The summed E-state index contributed by atoms with van der Waals surface area (Å²) in [6, 6.07) is 14.8. The first kappa shape index (κ1) is 61.1. The molecule has 0 fully saturated rings. The molecule has 0 amide bonds. The van der Waals surface area contributed by atoms with Crippen molar-refractivity contribution in [1.82, 2.24) is 0 Å². The molecule has 2 aromatic carbocycles. The van der Waals surface area contributed by atoms with Crippen molar-refractivity contribution in [3.63, 3.8) is 0 Å². The summed E-state index contributed by atoms with van der Waals surface area (Å²) in [5, 5.41) is 7.47. The van der Waals surface area contributed by atoms with Crippen molar-refractivity contribution in [3.05, 3.63) is 97.1 Å². The van der Waals surface area contributed by atoms with Gasteiger partial charge < -0.3 is 16.2 Å². The van der Waals surface area contributed by atoms with E-state index in [0.717, 1.165) is 75.9 Å². The molecule has 0 aliphatic carbocycles. The number of unbranched alkanes of at least 4 members (excludes halogenated alkanes) is 18. The topological polar surface area (TPSA) is 53.5 Å². The summed E-state index contributed by atoms with van der Waals surface area (Å²) in [4.78, 5) is 0. The molecule has 3 rings (SSSR count). The van der Waals surface area contributed by atoms with Gasteiger partial charge in [-0.25, -0.2) is 4.70 Å². The molecule has 0 bridgehead atoms. The normalized spacial score (nSPS) is 12.3. The van der Waals surface area contributed by atoms with Gasteiger partial charge in [-0.1, -0.05) is 183 Å². The third kappa shape index (κ3) is 26.1. The first-order valence-corrected chi connectivity index (χ1v) is 26.7. The molecular formula is C58H100N4Pd. The fraction of sp³-hybridized carbons (Fsp3) is 0.724. The van der Waals surface area contributed by atoms with E-state index in [1.54, 1.807) is 18.8 Å². The van der Waals surface area contributed by atoms with Gasteiger partial charge in [-0.2, -0.15) is 27.2 Å². The summed E-state index contributed by atoms with van der Waals surface area (Å²) in [6.07, 6.45) is 37.3. The van der Waals surface area contributed by atoms with Gasteiger partial charge in [-0.15, -0.1) is 0 Å².